The van der Waals surface area contributed by atoms with Crippen LogP contribution in [0.15, 0.2) is 76.2 Å². The number of aryl methyl sites for hydroxylation is 1. The van der Waals surface area contributed by atoms with Crippen molar-refractivity contribution in [2.75, 3.05) is 19.4 Å². The molecule has 0 aliphatic carbocycles. The van der Waals surface area contributed by atoms with Crippen molar-refractivity contribution in [1.29, 1.82) is 0 Å². The van der Waals surface area contributed by atoms with E-state index in [2.05, 4.69) is 12.2 Å². The highest BCUT2D eigenvalue weighted by Crippen LogP contribution is 2.33. The van der Waals surface area contributed by atoms with Gasteiger partial charge in [0, 0.05) is 30.9 Å². The highest BCUT2D eigenvalue weighted by Gasteiger charge is 2.18. The Bertz CT molecular complexity index is 1280. The molecular weight excluding hydrogens is 398 g/mol. The Morgan fingerprint density at radius 3 is 2.37 bits per heavy atom. The molecule has 0 aliphatic heterocycles. The van der Waals surface area contributed by atoms with E-state index in [1.54, 1.807) is 30.5 Å². The number of pyridine rings is 1. The first-order chi connectivity index (χ1) is 14.4. The molecule has 30 heavy (non-hydrogen) atoms. The molecule has 0 saturated heterocycles. The van der Waals surface area contributed by atoms with Crippen LogP contribution in [-0.2, 0) is 16.4 Å². The first kappa shape index (κ1) is 20.1. The molecule has 2 aromatic heterocycles. The van der Waals surface area contributed by atoms with Gasteiger partial charge in [0.25, 0.3) is 0 Å². The summed E-state index contributed by atoms with van der Waals surface area (Å²) in [7, 11) is -0.434. The first-order valence-corrected chi connectivity index (χ1v) is 11.1. The summed E-state index contributed by atoms with van der Waals surface area (Å²) in [5.41, 5.74) is 5.94. The molecule has 0 bridgehead atoms. The molecule has 6 nitrogen and oxygen atoms in total. The van der Waals surface area contributed by atoms with Gasteiger partial charge in [-0.3, -0.25) is 0 Å². The van der Waals surface area contributed by atoms with E-state index < -0.39 is 10.0 Å². The minimum atomic E-state index is -3.47. The summed E-state index contributed by atoms with van der Waals surface area (Å²) < 4.78 is 31.6. The number of hydrogen-bond donors (Lipinski definition) is 1. The fraction of sp³-hybridized carbons (Fsp3) is 0.174. The maximum atomic E-state index is 12.3. The normalized spacial score (nSPS) is 11.9. The number of hydrogen-bond acceptors (Lipinski definition) is 5. The number of aromatic nitrogens is 1. The van der Waals surface area contributed by atoms with Crippen LogP contribution in [-0.4, -0.2) is 31.8 Å². The summed E-state index contributed by atoms with van der Waals surface area (Å²) in [5.74, 6) is 0. The van der Waals surface area contributed by atoms with Crippen molar-refractivity contribution in [3.63, 3.8) is 0 Å². The quantitative estimate of drug-likeness (QED) is 0.471. The van der Waals surface area contributed by atoms with Gasteiger partial charge in [-0.1, -0.05) is 37.3 Å². The predicted molar refractivity (Wildman–Crippen MR) is 119 cm³/mol. The van der Waals surface area contributed by atoms with Crippen molar-refractivity contribution in [3.8, 4) is 11.3 Å². The summed E-state index contributed by atoms with van der Waals surface area (Å²) in [4.78, 5) is 5.07. The minimum Gasteiger partial charge on any atom is -0.460 e. The highest BCUT2D eigenvalue weighted by molar-refractivity contribution is 7.89. The Balaban J connectivity index is 1.76. The van der Waals surface area contributed by atoms with Crippen molar-refractivity contribution in [2.24, 2.45) is 0 Å². The van der Waals surface area contributed by atoms with Crippen LogP contribution < -0.4 is 5.32 Å². The van der Waals surface area contributed by atoms with Crippen LogP contribution in [0.1, 0.15) is 12.5 Å². The zero-order valence-electron chi connectivity index (χ0n) is 17.1. The van der Waals surface area contributed by atoms with Gasteiger partial charge in [-0.25, -0.2) is 17.7 Å². The second kappa shape index (κ2) is 7.93. The molecule has 0 atom stereocenters. The summed E-state index contributed by atoms with van der Waals surface area (Å²) in [5, 5.41) is 3.36. The van der Waals surface area contributed by atoms with Crippen LogP contribution in [0.4, 0.5) is 11.4 Å². The Morgan fingerprint density at radius 1 is 1.03 bits per heavy atom. The van der Waals surface area contributed by atoms with E-state index in [1.807, 2.05) is 36.4 Å². The van der Waals surface area contributed by atoms with Crippen LogP contribution in [0.25, 0.3) is 22.4 Å². The Labute approximate surface area is 176 Å². The van der Waals surface area contributed by atoms with Gasteiger partial charge in [0.15, 0.2) is 5.58 Å². The lowest BCUT2D eigenvalue weighted by atomic mass is 10.1. The second-order valence-electron chi connectivity index (χ2n) is 7.15. The molecule has 2 aromatic carbocycles. The number of sulfonamides is 1. The van der Waals surface area contributed by atoms with Gasteiger partial charge >= 0.3 is 0 Å². The molecule has 154 valence electrons. The van der Waals surface area contributed by atoms with Crippen molar-refractivity contribution in [1.82, 2.24) is 9.29 Å². The Morgan fingerprint density at radius 2 is 1.73 bits per heavy atom. The lowest BCUT2D eigenvalue weighted by Crippen LogP contribution is -2.22. The van der Waals surface area contributed by atoms with Gasteiger partial charge in [0.1, 0.15) is 5.52 Å². The van der Waals surface area contributed by atoms with Crippen LogP contribution >= 0.6 is 0 Å². The molecule has 7 heteroatoms. The van der Waals surface area contributed by atoms with Gasteiger partial charge in [0.2, 0.25) is 10.0 Å². The maximum Gasteiger partial charge on any atom is 0.242 e. The van der Waals surface area contributed by atoms with E-state index in [4.69, 9.17) is 9.40 Å². The highest BCUT2D eigenvalue weighted by atomic mass is 32.2. The zero-order valence-corrected chi connectivity index (χ0v) is 17.9. The monoisotopic (exact) mass is 421 g/mol. The third-order valence-corrected chi connectivity index (χ3v) is 6.79. The van der Waals surface area contributed by atoms with E-state index >= 15 is 0 Å². The average molecular weight is 422 g/mol. The number of benzene rings is 2. The zero-order chi connectivity index (χ0) is 21.3. The maximum absolute atomic E-state index is 12.3. The minimum absolute atomic E-state index is 0.245. The number of rotatable bonds is 6. The molecule has 0 fully saturated rings. The molecule has 4 rings (SSSR count). The largest absolute Gasteiger partial charge is 0.460 e. The molecule has 0 spiro atoms. The van der Waals surface area contributed by atoms with Gasteiger partial charge in [0.05, 0.1) is 22.5 Å². The van der Waals surface area contributed by atoms with Crippen molar-refractivity contribution < 1.29 is 12.8 Å². The predicted octanol–water partition coefficient (Wildman–Crippen LogP) is 5.05. The molecule has 1 N–H and O–H groups in total. The van der Waals surface area contributed by atoms with Crippen LogP contribution in [0, 0.1) is 0 Å². The Kier molecular flexibility index (Phi) is 5.32. The van der Waals surface area contributed by atoms with Crippen LogP contribution in [0.2, 0.25) is 0 Å². The van der Waals surface area contributed by atoms with Crippen LogP contribution in [0.3, 0.4) is 0 Å². The lowest BCUT2D eigenvalue weighted by molar-refractivity contribution is 0.521. The summed E-state index contributed by atoms with van der Waals surface area (Å²) >= 11 is 0. The van der Waals surface area contributed by atoms with Crippen molar-refractivity contribution >= 4 is 32.5 Å². The van der Waals surface area contributed by atoms with Gasteiger partial charge in [-0.2, -0.15) is 0 Å². The standard InChI is InChI=1S/C23H23N3O3S/c1-4-16-15-29-23-21(14-20(25-22(16)23)17-8-6-5-7-9-17)24-18-10-12-19(13-11-18)30(27,28)26(2)3/h5-15H,4H2,1-3H3,(H,24,25). The fourth-order valence-electron chi connectivity index (χ4n) is 3.23. The molecule has 2 heterocycles. The third kappa shape index (κ3) is 3.69. The molecule has 0 unspecified atom stereocenters. The SMILES string of the molecule is CCc1coc2c(Nc3ccc(S(=O)(=O)N(C)C)cc3)cc(-c3ccccc3)nc12. The number of nitrogens with one attached hydrogen (secondary N) is 1. The van der Waals surface area contributed by atoms with Crippen LogP contribution in [0.5, 0.6) is 0 Å². The van der Waals surface area contributed by atoms with Gasteiger partial charge in [-0.15, -0.1) is 0 Å². The molecule has 0 radical (unpaired) electrons. The number of nitrogens with zero attached hydrogens (tertiary/aromatic N) is 2. The molecule has 0 aliphatic rings. The number of anilines is 2. The Hall–Kier alpha value is -3.16. The summed E-state index contributed by atoms with van der Waals surface area (Å²) in [6.45, 7) is 2.07. The smallest absolute Gasteiger partial charge is 0.242 e. The van der Waals surface area contributed by atoms with Gasteiger partial charge < -0.3 is 9.73 Å². The molecule has 0 saturated carbocycles. The third-order valence-electron chi connectivity index (χ3n) is 4.96. The fourth-order valence-corrected chi connectivity index (χ4v) is 4.13. The van der Waals surface area contributed by atoms with E-state index in [1.165, 1.54) is 18.4 Å². The second-order valence-corrected chi connectivity index (χ2v) is 9.30. The molecule has 0 amide bonds. The topological polar surface area (TPSA) is 75.4 Å². The summed E-state index contributed by atoms with van der Waals surface area (Å²) in [6, 6.07) is 18.6. The molecule has 4 aromatic rings. The average Bonchev–Trinajstić information content (AvgIpc) is 3.18. The number of fused-ring (bicyclic) bond motifs is 1. The van der Waals surface area contributed by atoms with E-state index in [0.29, 0.717) is 5.58 Å². The molecular formula is C23H23N3O3S. The lowest BCUT2D eigenvalue weighted by Gasteiger charge is -2.13. The van der Waals surface area contributed by atoms with Gasteiger partial charge in [-0.05, 0) is 36.8 Å². The van der Waals surface area contributed by atoms with E-state index in [9.17, 15) is 8.42 Å². The van der Waals surface area contributed by atoms with E-state index in [0.717, 1.165) is 40.1 Å². The number of furan rings is 1. The van der Waals surface area contributed by atoms with Crippen molar-refractivity contribution in [2.45, 2.75) is 18.2 Å². The first-order valence-electron chi connectivity index (χ1n) is 9.66. The summed E-state index contributed by atoms with van der Waals surface area (Å²) in [6.07, 6.45) is 2.55. The van der Waals surface area contributed by atoms with E-state index in [-0.39, 0.29) is 4.90 Å². The van der Waals surface area contributed by atoms with Crippen molar-refractivity contribution in [3.05, 3.63) is 72.5 Å².